The van der Waals surface area contributed by atoms with Gasteiger partial charge in [-0.25, -0.2) is 0 Å². The van der Waals surface area contributed by atoms with Crippen molar-refractivity contribution in [3.8, 4) is 11.5 Å². The first-order valence-electron chi connectivity index (χ1n) is 9.40. The van der Waals surface area contributed by atoms with Crippen molar-refractivity contribution in [2.75, 3.05) is 38.2 Å². The third-order valence-corrected chi connectivity index (χ3v) is 5.21. The van der Waals surface area contributed by atoms with Crippen LogP contribution in [0.5, 0.6) is 11.5 Å². The van der Waals surface area contributed by atoms with Crippen LogP contribution in [-0.4, -0.2) is 50.2 Å². The maximum atomic E-state index is 12.8. The molecular formula is C22H28N2O3. The largest absolute Gasteiger partial charge is 0.497 e. The minimum atomic E-state index is -0.524. The van der Waals surface area contributed by atoms with E-state index in [4.69, 9.17) is 9.47 Å². The molecule has 1 aliphatic rings. The van der Waals surface area contributed by atoms with Crippen LogP contribution in [0.3, 0.4) is 0 Å². The average molecular weight is 368 g/mol. The highest BCUT2D eigenvalue weighted by atomic mass is 16.5. The van der Waals surface area contributed by atoms with Crippen molar-refractivity contribution in [3.63, 3.8) is 0 Å². The van der Waals surface area contributed by atoms with Crippen LogP contribution in [0.25, 0.3) is 0 Å². The van der Waals surface area contributed by atoms with Gasteiger partial charge in [-0.1, -0.05) is 18.2 Å². The molecule has 0 aromatic heterocycles. The Morgan fingerprint density at radius 3 is 2.37 bits per heavy atom. The zero-order chi connectivity index (χ0) is 19.4. The Morgan fingerprint density at radius 1 is 1.00 bits per heavy atom. The van der Waals surface area contributed by atoms with E-state index in [9.17, 15) is 4.79 Å². The molecule has 5 heteroatoms. The van der Waals surface area contributed by atoms with Crippen molar-refractivity contribution in [1.82, 2.24) is 4.90 Å². The van der Waals surface area contributed by atoms with Crippen LogP contribution in [-0.2, 0) is 4.79 Å². The molecule has 2 aromatic carbocycles. The molecular weight excluding hydrogens is 340 g/mol. The third-order valence-electron chi connectivity index (χ3n) is 5.21. The van der Waals surface area contributed by atoms with Gasteiger partial charge in [0.15, 0.2) is 6.10 Å². The van der Waals surface area contributed by atoms with Crippen LogP contribution in [0, 0.1) is 13.8 Å². The molecule has 2 aromatic rings. The van der Waals surface area contributed by atoms with Crippen molar-refractivity contribution in [2.45, 2.75) is 26.9 Å². The predicted octanol–water partition coefficient (Wildman–Crippen LogP) is 3.43. The lowest BCUT2D eigenvalue weighted by Gasteiger charge is -2.38. The van der Waals surface area contributed by atoms with E-state index in [0.29, 0.717) is 24.6 Å². The average Bonchev–Trinajstić information content (AvgIpc) is 2.70. The minimum Gasteiger partial charge on any atom is -0.497 e. The Labute approximate surface area is 161 Å². The number of carbonyl (C=O) groups excluding carboxylic acids is 1. The smallest absolute Gasteiger partial charge is 0.263 e. The van der Waals surface area contributed by atoms with E-state index in [1.54, 1.807) is 20.1 Å². The normalized spacial score (nSPS) is 15.4. The van der Waals surface area contributed by atoms with Crippen LogP contribution >= 0.6 is 0 Å². The standard InChI is InChI=1S/C22H28N2O3/c1-16-7-5-10-21(17(16)2)23-11-13-24(14-12-23)22(25)18(3)27-20-9-6-8-19(15-20)26-4/h5-10,15,18H,11-14H2,1-4H3/t18-/m1/s1. The lowest BCUT2D eigenvalue weighted by molar-refractivity contribution is -0.138. The second kappa shape index (κ2) is 8.33. The molecule has 5 nitrogen and oxygen atoms in total. The Morgan fingerprint density at radius 2 is 1.67 bits per heavy atom. The van der Waals surface area contributed by atoms with Crippen molar-refractivity contribution >= 4 is 11.6 Å². The number of ether oxygens (including phenoxy) is 2. The van der Waals surface area contributed by atoms with Gasteiger partial charge in [0.1, 0.15) is 11.5 Å². The zero-order valence-electron chi connectivity index (χ0n) is 16.6. The van der Waals surface area contributed by atoms with E-state index in [1.165, 1.54) is 16.8 Å². The number of hydrogen-bond donors (Lipinski definition) is 0. The molecule has 0 bridgehead atoms. The van der Waals surface area contributed by atoms with Crippen molar-refractivity contribution < 1.29 is 14.3 Å². The molecule has 1 heterocycles. The highest BCUT2D eigenvalue weighted by Gasteiger charge is 2.26. The van der Waals surface area contributed by atoms with Gasteiger partial charge in [-0.15, -0.1) is 0 Å². The highest BCUT2D eigenvalue weighted by Crippen LogP contribution is 2.24. The summed E-state index contributed by atoms with van der Waals surface area (Å²) in [4.78, 5) is 17.0. The molecule has 1 saturated heterocycles. The Kier molecular flexibility index (Phi) is 5.89. The van der Waals surface area contributed by atoms with Crippen molar-refractivity contribution in [1.29, 1.82) is 0 Å². The second-order valence-electron chi connectivity index (χ2n) is 6.97. The second-order valence-corrected chi connectivity index (χ2v) is 6.97. The molecule has 0 aliphatic carbocycles. The number of piperazine rings is 1. The summed E-state index contributed by atoms with van der Waals surface area (Å²) in [5.74, 6) is 1.39. The predicted molar refractivity (Wildman–Crippen MR) is 108 cm³/mol. The van der Waals surface area contributed by atoms with E-state index in [2.05, 4.69) is 36.9 Å². The van der Waals surface area contributed by atoms with Gasteiger partial charge >= 0.3 is 0 Å². The van der Waals surface area contributed by atoms with Crippen LogP contribution < -0.4 is 14.4 Å². The summed E-state index contributed by atoms with van der Waals surface area (Å²) in [6, 6.07) is 13.7. The molecule has 1 atom stereocenters. The summed E-state index contributed by atoms with van der Waals surface area (Å²) in [7, 11) is 1.61. The number of anilines is 1. The van der Waals surface area contributed by atoms with E-state index in [0.717, 1.165) is 13.1 Å². The van der Waals surface area contributed by atoms with Gasteiger partial charge in [0, 0.05) is 37.9 Å². The fourth-order valence-corrected chi connectivity index (χ4v) is 3.43. The van der Waals surface area contributed by atoms with E-state index in [1.807, 2.05) is 23.1 Å². The summed E-state index contributed by atoms with van der Waals surface area (Å²) < 4.78 is 11.0. The molecule has 144 valence electrons. The van der Waals surface area contributed by atoms with Crippen molar-refractivity contribution in [2.24, 2.45) is 0 Å². The van der Waals surface area contributed by atoms with Gasteiger partial charge in [0.05, 0.1) is 7.11 Å². The number of amides is 1. The molecule has 0 N–H and O–H groups in total. The van der Waals surface area contributed by atoms with Crippen LogP contribution in [0.4, 0.5) is 5.69 Å². The molecule has 1 aliphatic heterocycles. The maximum absolute atomic E-state index is 12.8. The number of hydrogen-bond acceptors (Lipinski definition) is 4. The fourth-order valence-electron chi connectivity index (χ4n) is 3.43. The van der Waals surface area contributed by atoms with Crippen molar-refractivity contribution in [3.05, 3.63) is 53.6 Å². The number of aryl methyl sites for hydroxylation is 1. The monoisotopic (exact) mass is 368 g/mol. The number of carbonyl (C=O) groups is 1. The number of rotatable bonds is 5. The van der Waals surface area contributed by atoms with Gasteiger partial charge in [-0.3, -0.25) is 4.79 Å². The summed E-state index contributed by atoms with van der Waals surface area (Å²) in [5.41, 5.74) is 3.88. The lowest BCUT2D eigenvalue weighted by Crippen LogP contribution is -2.52. The van der Waals surface area contributed by atoms with Gasteiger partial charge < -0.3 is 19.3 Å². The first-order valence-corrected chi connectivity index (χ1v) is 9.40. The summed E-state index contributed by atoms with van der Waals surface area (Å²) in [6.45, 7) is 9.18. The topological polar surface area (TPSA) is 42.0 Å². The van der Waals surface area contributed by atoms with Gasteiger partial charge in [0.25, 0.3) is 5.91 Å². The zero-order valence-corrected chi connectivity index (χ0v) is 16.6. The van der Waals surface area contributed by atoms with Crippen LogP contribution in [0.2, 0.25) is 0 Å². The van der Waals surface area contributed by atoms with Crippen LogP contribution in [0.1, 0.15) is 18.1 Å². The molecule has 0 radical (unpaired) electrons. The summed E-state index contributed by atoms with van der Waals surface area (Å²) in [5, 5.41) is 0. The van der Waals surface area contributed by atoms with Gasteiger partial charge in [-0.05, 0) is 50.1 Å². The SMILES string of the molecule is COc1cccc(O[C@H](C)C(=O)N2CCN(c3cccc(C)c3C)CC2)c1. The Bertz CT molecular complexity index is 798. The molecule has 0 unspecified atom stereocenters. The molecule has 0 spiro atoms. The Balaban J connectivity index is 1.58. The first kappa shape index (κ1) is 19.1. The van der Waals surface area contributed by atoms with E-state index < -0.39 is 6.10 Å². The summed E-state index contributed by atoms with van der Waals surface area (Å²) in [6.07, 6.45) is -0.524. The fraction of sp³-hybridized carbons (Fsp3) is 0.409. The molecule has 0 saturated carbocycles. The number of nitrogens with zero attached hydrogens (tertiary/aromatic N) is 2. The molecule has 1 fully saturated rings. The van der Waals surface area contributed by atoms with Crippen LogP contribution in [0.15, 0.2) is 42.5 Å². The minimum absolute atomic E-state index is 0.0263. The van der Waals surface area contributed by atoms with E-state index in [-0.39, 0.29) is 5.91 Å². The molecule has 3 rings (SSSR count). The van der Waals surface area contributed by atoms with E-state index >= 15 is 0 Å². The quantitative estimate of drug-likeness (QED) is 0.811. The number of methoxy groups -OCH3 is 1. The highest BCUT2D eigenvalue weighted by molar-refractivity contribution is 5.81. The van der Waals surface area contributed by atoms with Gasteiger partial charge in [0.2, 0.25) is 0 Å². The Hall–Kier alpha value is -2.69. The third kappa shape index (κ3) is 4.35. The number of benzene rings is 2. The first-order chi connectivity index (χ1) is 13.0. The van der Waals surface area contributed by atoms with Gasteiger partial charge in [-0.2, -0.15) is 0 Å². The lowest BCUT2D eigenvalue weighted by atomic mass is 10.1. The molecule has 1 amide bonds. The summed E-state index contributed by atoms with van der Waals surface area (Å²) >= 11 is 0. The maximum Gasteiger partial charge on any atom is 0.263 e. The molecule has 27 heavy (non-hydrogen) atoms.